The lowest BCUT2D eigenvalue weighted by Gasteiger charge is -2.11. The van der Waals surface area contributed by atoms with Gasteiger partial charge >= 0.3 is 6.03 Å². The number of benzene rings is 1. The van der Waals surface area contributed by atoms with Crippen molar-refractivity contribution in [3.05, 3.63) is 59.8 Å². The Balaban J connectivity index is 2.14. The van der Waals surface area contributed by atoms with Crippen LogP contribution >= 0.6 is 0 Å². The second-order valence-corrected chi connectivity index (χ2v) is 4.43. The van der Waals surface area contributed by atoms with E-state index in [4.69, 9.17) is 5.73 Å². The Kier molecular flexibility index (Phi) is 4.87. The van der Waals surface area contributed by atoms with Crippen LogP contribution in [-0.2, 0) is 6.54 Å². The minimum atomic E-state index is -0.678. The highest BCUT2D eigenvalue weighted by atomic mass is 16.2. The molecule has 108 valence electrons. The fourth-order valence-electron chi connectivity index (χ4n) is 1.71. The van der Waals surface area contributed by atoms with Crippen molar-refractivity contribution in [1.82, 2.24) is 10.3 Å². The quantitative estimate of drug-likeness (QED) is 0.594. The summed E-state index contributed by atoms with van der Waals surface area (Å²) < 4.78 is 0. The Labute approximate surface area is 123 Å². The summed E-state index contributed by atoms with van der Waals surface area (Å²) in [6, 6.07) is 12.8. The number of rotatable bonds is 3. The van der Waals surface area contributed by atoms with Gasteiger partial charge in [-0.3, -0.25) is 5.32 Å². The van der Waals surface area contributed by atoms with Crippen molar-refractivity contribution >= 4 is 17.8 Å². The molecule has 0 aliphatic heterocycles. The van der Waals surface area contributed by atoms with Gasteiger partial charge in [0.15, 0.2) is 0 Å². The van der Waals surface area contributed by atoms with E-state index < -0.39 is 6.03 Å². The van der Waals surface area contributed by atoms with Crippen LogP contribution in [0.15, 0.2) is 53.7 Å². The lowest BCUT2D eigenvalue weighted by molar-refractivity contribution is 0.253. The molecular formula is C15H17N5O. The Hall–Kier alpha value is -2.89. The van der Waals surface area contributed by atoms with Gasteiger partial charge in [0.05, 0.1) is 6.54 Å². The number of amides is 2. The molecule has 2 aromatic rings. The number of carbonyl (C=O) groups excluding carboxylic acids is 1. The summed E-state index contributed by atoms with van der Waals surface area (Å²) in [6.45, 7) is 2.34. The van der Waals surface area contributed by atoms with Crippen LogP contribution in [0.5, 0.6) is 0 Å². The zero-order chi connectivity index (χ0) is 15.1. The summed E-state index contributed by atoms with van der Waals surface area (Å²) in [6.07, 6.45) is 1.66. The summed E-state index contributed by atoms with van der Waals surface area (Å²) in [4.78, 5) is 19.6. The first kappa shape index (κ1) is 14.5. The minimum absolute atomic E-state index is 0.271. The first-order valence-corrected chi connectivity index (χ1v) is 6.48. The molecule has 1 aromatic carbocycles. The SMILES string of the molecule is Cc1cccnc1NC(=NCc1ccccc1)NC(N)=O. The molecule has 6 heteroatoms. The molecule has 4 N–H and O–H groups in total. The number of pyridine rings is 1. The summed E-state index contributed by atoms with van der Waals surface area (Å²) in [7, 11) is 0. The number of anilines is 1. The maximum absolute atomic E-state index is 11.1. The van der Waals surface area contributed by atoms with Gasteiger partial charge < -0.3 is 11.1 Å². The van der Waals surface area contributed by atoms with E-state index in [1.165, 1.54) is 0 Å². The van der Waals surface area contributed by atoms with Crippen molar-refractivity contribution in [2.45, 2.75) is 13.5 Å². The average molecular weight is 283 g/mol. The molecule has 2 rings (SSSR count). The summed E-state index contributed by atoms with van der Waals surface area (Å²) in [5.41, 5.74) is 7.13. The first-order chi connectivity index (χ1) is 10.1. The van der Waals surface area contributed by atoms with E-state index in [-0.39, 0.29) is 5.96 Å². The highest BCUT2D eigenvalue weighted by molar-refractivity contribution is 6.03. The number of aryl methyl sites for hydroxylation is 1. The van der Waals surface area contributed by atoms with Crippen LogP contribution in [0.25, 0.3) is 0 Å². The third-order valence-corrected chi connectivity index (χ3v) is 2.75. The van der Waals surface area contributed by atoms with Crippen LogP contribution < -0.4 is 16.4 Å². The zero-order valence-corrected chi connectivity index (χ0v) is 11.7. The number of hydrogen-bond acceptors (Lipinski definition) is 3. The van der Waals surface area contributed by atoms with Gasteiger partial charge in [-0.25, -0.2) is 14.8 Å². The fourth-order valence-corrected chi connectivity index (χ4v) is 1.71. The normalized spacial score (nSPS) is 11.0. The molecule has 0 saturated carbocycles. The van der Waals surface area contributed by atoms with Crippen LogP contribution in [-0.4, -0.2) is 17.0 Å². The standard InChI is InChI=1S/C15H17N5O/c1-11-6-5-9-17-13(11)19-15(20-14(16)21)18-10-12-7-3-2-4-8-12/h2-9H,10H2,1H3,(H4,16,17,18,19,20,21). The number of hydrogen-bond donors (Lipinski definition) is 3. The Morgan fingerprint density at radius 2 is 2.00 bits per heavy atom. The molecule has 0 atom stereocenters. The number of primary amides is 1. The Morgan fingerprint density at radius 1 is 1.24 bits per heavy atom. The summed E-state index contributed by atoms with van der Waals surface area (Å²) >= 11 is 0. The minimum Gasteiger partial charge on any atom is -0.351 e. The average Bonchev–Trinajstić information content (AvgIpc) is 2.48. The second-order valence-electron chi connectivity index (χ2n) is 4.43. The van der Waals surface area contributed by atoms with Gasteiger partial charge in [-0.1, -0.05) is 36.4 Å². The Bertz CT molecular complexity index is 640. The number of carbonyl (C=O) groups is 1. The molecule has 0 fully saturated rings. The van der Waals surface area contributed by atoms with E-state index in [0.29, 0.717) is 12.4 Å². The molecule has 0 spiro atoms. The number of aliphatic imine (C=N–C) groups is 1. The van der Waals surface area contributed by atoms with Crippen LogP contribution in [0.2, 0.25) is 0 Å². The predicted molar refractivity (Wildman–Crippen MR) is 82.9 cm³/mol. The number of urea groups is 1. The molecule has 0 unspecified atom stereocenters. The molecule has 1 heterocycles. The van der Waals surface area contributed by atoms with Crippen LogP contribution in [0, 0.1) is 6.92 Å². The van der Waals surface area contributed by atoms with Gasteiger partial charge in [0, 0.05) is 6.20 Å². The third kappa shape index (κ3) is 4.61. The van der Waals surface area contributed by atoms with E-state index in [0.717, 1.165) is 11.1 Å². The van der Waals surface area contributed by atoms with Gasteiger partial charge in [-0.2, -0.15) is 0 Å². The van der Waals surface area contributed by atoms with Crippen molar-refractivity contribution in [3.8, 4) is 0 Å². The first-order valence-electron chi connectivity index (χ1n) is 6.48. The molecule has 6 nitrogen and oxygen atoms in total. The molecule has 0 aliphatic carbocycles. The van der Waals surface area contributed by atoms with E-state index in [2.05, 4.69) is 20.6 Å². The van der Waals surface area contributed by atoms with Crippen molar-refractivity contribution in [3.63, 3.8) is 0 Å². The van der Waals surface area contributed by atoms with E-state index in [1.807, 2.05) is 49.4 Å². The third-order valence-electron chi connectivity index (χ3n) is 2.75. The van der Waals surface area contributed by atoms with Gasteiger partial charge in [0.1, 0.15) is 5.82 Å². The monoisotopic (exact) mass is 283 g/mol. The second kappa shape index (κ2) is 7.04. The maximum Gasteiger partial charge on any atom is 0.318 e. The zero-order valence-electron chi connectivity index (χ0n) is 11.7. The van der Waals surface area contributed by atoms with Crippen molar-refractivity contribution in [1.29, 1.82) is 0 Å². The summed E-state index contributed by atoms with van der Waals surface area (Å²) in [5, 5.41) is 5.44. The Morgan fingerprint density at radius 3 is 2.67 bits per heavy atom. The van der Waals surface area contributed by atoms with Gasteiger partial charge in [-0.15, -0.1) is 0 Å². The smallest absolute Gasteiger partial charge is 0.318 e. The lowest BCUT2D eigenvalue weighted by atomic mass is 10.2. The van der Waals surface area contributed by atoms with Crippen molar-refractivity contribution < 1.29 is 4.79 Å². The molecule has 0 saturated heterocycles. The van der Waals surface area contributed by atoms with E-state index >= 15 is 0 Å². The largest absolute Gasteiger partial charge is 0.351 e. The van der Waals surface area contributed by atoms with Crippen molar-refractivity contribution in [2.75, 3.05) is 5.32 Å². The highest BCUT2D eigenvalue weighted by Crippen LogP contribution is 2.09. The van der Waals surface area contributed by atoms with Crippen LogP contribution in [0.1, 0.15) is 11.1 Å². The lowest BCUT2D eigenvalue weighted by Crippen LogP contribution is -2.39. The number of nitrogens with one attached hydrogen (secondary N) is 2. The van der Waals surface area contributed by atoms with Gasteiger partial charge in [0.25, 0.3) is 0 Å². The number of aromatic nitrogens is 1. The molecular weight excluding hydrogens is 266 g/mol. The molecule has 1 aromatic heterocycles. The highest BCUT2D eigenvalue weighted by Gasteiger charge is 2.05. The fraction of sp³-hybridized carbons (Fsp3) is 0.133. The molecule has 0 radical (unpaired) electrons. The van der Waals surface area contributed by atoms with Crippen LogP contribution in [0.4, 0.5) is 10.6 Å². The van der Waals surface area contributed by atoms with Gasteiger partial charge in [0.2, 0.25) is 5.96 Å². The maximum atomic E-state index is 11.1. The number of nitrogens with zero attached hydrogens (tertiary/aromatic N) is 2. The molecule has 21 heavy (non-hydrogen) atoms. The predicted octanol–water partition coefficient (Wildman–Crippen LogP) is 2.03. The molecule has 0 bridgehead atoms. The van der Waals surface area contributed by atoms with E-state index in [1.54, 1.807) is 6.20 Å². The summed E-state index contributed by atoms with van der Waals surface area (Å²) in [5.74, 6) is 0.895. The number of nitrogens with two attached hydrogens (primary N) is 1. The van der Waals surface area contributed by atoms with E-state index in [9.17, 15) is 4.79 Å². The molecule has 2 amide bonds. The molecule has 0 aliphatic rings. The topological polar surface area (TPSA) is 92.4 Å². The van der Waals surface area contributed by atoms with Crippen molar-refractivity contribution in [2.24, 2.45) is 10.7 Å². The van der Waals surface area contributed by atoms with Gasteiger partial charge in [-0.05, 0) is 24.1 Å². The van der Waals surface area contributed by atoms with Crippen LogP contribution in [0.3, 0.4) is 0 Å². The number of guanidine groups is 1.